The second-order valence-electron chi connectivity index (χ2n) is 5.27. The maximum absolute atomic E-state index is 11.8. The summed E-state index contributed by atoms with van der Waals surface area (Å²) in [5.41, 5.74) is 0.420. The maximum Gasteiger partial charge on any atom is 0.287 e. The molecule has 1 aliphatic heterocycles. The van der Waals surface area contributed by atoms with E-state index in [4.69, 9.17) is 16.1 Å². The molecule has 0 aromatic carbocycles. The molecule has 0 atom stereocenters. The lowest BCUT2D eigenvalue weighted by Gasteiger charge is -2.35. The maximum atomic E-state index is 11.8. The van der Waals surface area contributed by atoms with Crippen molar-refractivity contribution >= 4 is 17.3 Å². The summed E-state index contributed by atoms with van der Waals surface area (Å²) >= 11 is 6.14. The van der Waals surface area contributed by atoms with Crippen LogP contribution in [0.5, 0.6) is 0 Å². The highest BCUT2D eigenvalue weighted by atomic mass is 35.5. The van der Waals surface area contributed by atoms with Crippen molar-refractivity contribution in [2.45, 2.75) is 13.5 Å². The third kappa shape index (κ3) is 2.97. The van der Waals surface area contributed by atoms with Crippen LogP contribution in [0.3, 0.4) is 0 Å². The lowest BCUT2D eigenvalue weighted by Crippen LogP contribution is -2.46. The van der Waals surface area contributed by atoms with Gasteiger partial charge < -0.3 is 9.42 Å². The van der Waals surface area contributed by atoms with Crippen LogP contribution in [0.2, 0.25) is 5.02 Å². The molecule has 0 radical (unpaired) electrons. The number of aryl methyl sites for hydroxylation is 2. The topological polar surface area (TPSA) is 80.3 Å². The Balaban J connectivity index is 1.64. The number of piperazine rings is 1. The molecular weight excluding hydrogens is 308 g/mol. The molecule has 22 heavy (non-hydrogen) atoms. The number of aromatic nitrogens is 4. The van der Waals surface area contributed by atoms with Crippen molar-refractivity contribution in [3.63, 3.8) is 0 Å². The van der Waals surface area contributed by atoms with Gasteiger partial charge in [0.05, 0.1) is 18.4 Å². The van der Waals surface area contributed by atoms with Crippen LogP contribution >= 0.6 is 11.6 Å². The molecule has 1 aliphatic rings. The van der Waals surface area contributed by atoms with Gasteiger partial charge in [-0.1, -0.05) is 16.8 Å². The molecule has 0 bridgehead atoms. The van der Waals surface area contributed by atoms with Gasteiger partial charge in [0.1, 0.15) is 5.02 Å². The zero-order valence-corrected chi connectivity index (χ0v) is 13.2. The van der Waals surface area contributed by atoms with Crippen LogP contribution in [0.25, 0.3) is 0 Å². The van der Waals surface area contributed by atoms with Gasteiger partial charge in [-0.25, -0.2) is 4.68 Å². The Morgan fingerprint density at radius 3 is 2.68 bits per heavy atom. The van der Waals surface area contributed by atoms with Crippen LogP contribution in [0, 0.1) is 6.92 Å². The number of rotatable bonds is 3. The zero-order valence-electron chi connectivity index (χ0n) is 12.5. The van der Waals surface area contributed by atoms with Gasteiger partial charge in [-0.05, 0) is 0 Å². The van der Waals surface area contributed by atoms with Gasteiger partial charge in [-0.2, -0.15) is 10.1 Å². The molecule has 0 aliphatic carbocycles. The number of anilines is 1. The predicted molar refractivity (Wildman–Crippen MR) is 81.0 cm³/mol. The van der Waals surface area contributed by atoms with E-state index in [0.29, 0.717) is 23.9 Å². The fourth-order valence-corrected chi connectivity index (χ4v) is 2.77. The highest BCUT2D eigenvalue weighted by molar-refractivity contribution is 6.33. The van der Waals surface area contributed by atoms with Crippen molar-refractivity contribution in [2.75, 3.05) is 31.1 Å². The largest absolute Gasteiger partial charge is 0.366 e. The normalized spacial score (nSPS) is 16.2. The van der Waals surface area contributed by atoms with Crippen LogP contribution in [-0.2, 0) is 13.6 Å². The molecule has 9 heteroatoms. The van der Waals surface area contributed by atoms with Crippen LogP contribution in [0.4, 0.5) is 5.69 Å². The Hall–Kier alpha value is -1.93. The van der Waals surface area contributed by atoms with Gasteiger partial charge in [0.15, 0.2) is 5.82 Å². The van der Waals surface area contributed by atoms with Gasteiger partial charge in [-0.15, -0.1) is 0 Å². The van der Waals surface area contributed by atoms with E-state index in [1.54, 1.807) is 20.2 Å². The van der Waals surface area contributed by atoms with Gasteiger partial charge in [0.2, 0.25) is 5.89 Å². The fourth-order valence-electron chi connectivity index (χ4n) is 2.47. The molecule has 8 nitrogen and oxygen atoms in total. The summed E-state index contributed by atoms with van der Waals surface area (Å²) in [7, 11) is 1.59. The van der Waals surface area contributed by atoms with E-state index in [2.05, 4.69) is 25.0 Å². The average molecular weight is 325 g/mol. The van der Waals surface area contributed by atoms with Crippen molar-refractivity contribution in [3.8, 4) is 0 Å². The molecule has 2 aromatic rings. The summed E-state index contributed by atoms with van der Waals surface area (Å²) in [6.45, 7) is 5.64. The molecule has 2 aromatic heterocycles. The minimum Gasteiger partial charge on any atom is -0.366 e. The lowest BCUT2D eigenvalue weighted by molar-refractivity contribution is 0.240. The summed E-state index contributed by atoms with van der Waals surface area (Å²) in [4.78, 5) is 20.4. The Bertz CT molecular complexity index is 720. The van der Waals surface area contributed by atoms with E-state index in [0.717, 1.165) is 26.2 Å². The van der Waals surface area contributed by atoms with Crippen LogP contribution in [0.1, 0.15) is 11.7 Å². The van der Waals surface area contributed by atoms with Gasteiger partial charge in [0, 0.05) is 40.2 Å². The first-order valence-corrected chi connectivity index (χ1v) is 7.40. The first kappa shape index (κ1) is 15.0. The number of hydrogen-bond acceptors (Lipinski definition) is 7. The summed E-state index contributed by atoms with van der Waals surface area (Å²) in [6, 6.07) is 0. The second kappa shape index (κ2) is 6.05. The summed E-state index contributed by atoms with van der Waals surface area (Å²) < 4.78 is 6.21. The van der Waals surface area contributed by atoms with Crippen molar-refractivity contribution in [3.05, 3.63) is 33.3 Å². The predicted octanol–water partition coefficient (Wildman–Crippen LogP) is 0.447. The molecule has 1 fully saturated rings. The van der Waals surface area contributed by atoms with Crippen molar-refractivity contribution < 1.29 is 4.52 Å². The van der Waals surface area contributed by atoms with Crippen LogP contribution < -0.4 is 10.5 Å². The van der Waals surface area contributed by atoms with E-state index in [1.807, 2.05) is 0 Å². The third-order valence-corrected chi connectivity index (χ3v) is 4.06. The molecule has 0 N–H and O–H groups in total. The smallest absolute Gasteiger partial charge is 0.287 e. The third-order valence-electron chi connectivity index (χ3n) is 3.71. The molecular formula is C13H17ClN6O2. The molecule has 1 saturated heterocycles. The molecule has 3 rings (SSSR count). The number of hydrogen-bond donors (Lipinski definition) is 0. The minimum atomic E-state index is -0.274. The van der Waals surface area contributed by atoms with Crippen LogP contribution in [0.15, 0.2) is 15.5 Å². The fraction of sp³-hybridized carbons (Fsp3) is 0.538. The van der Waals surface area contributed by atoms with Gasteiger partial charge in [-0.3, -0.25) is 9.69 Å². The Morgan fingerprint density at radius 1 is 1.32 bits per heavy atom. The molecule has 0 spiro atoms. The van der Waals surface area contributed by atoms with Crippen molar-refractivity contribution in [2.24, 2.45) is 7.05 Å². The first-order chi connectivity index (χ1) is 10.5. The molecule has 3 heterocycles. The van der Waals surface area contributed by atoms with E-state index in [1.165, 1.54) is 4.68 Å². The minimum absolute atomic E-state index is 0.222. The molecule has 118 valence electrons. The summed E-state index contributed by atoms with van der Waals surface area (Å²) in [5.74, 6) is 1.27. The quantitative estimate of drug-likeness (QED) is 0.810. The highest BCUT2D eigenvalue weighted by Crippen LogP contribution is 2.22. The second-order valence-corrected chi connectivity index (χ2v) is 5.64. The summed E-state index contributed by atoms with van der Waals surface area (Å²) in [6.07, 6.45) is 1.64. The van der Waals surface area contributed by atoms with Gasteiger partial charge in [0.25, 0.3) is 5.56 Å². The van der Waals surface area contributed by atoms with E-state index >= 15 is 0 Å². The van der Waals surface area contributed by atoms with Crippen molar-refractivity contribution in [1.29, 1.82) is 0 Å². The molecule has 0 amide bonds. The van der Waals surface area contributed by atoms with E-state index < -0.39 is 0 Å². The molecule has 0 unspecified atom stereocenters. The SMILES string of the molecule is Cc1nc(CN2CCN(c3cnn(C)c(=O)c3Cl)CC2)no1. The van der Waals surface area contributed by atoms with E-state index in [-0.39, 0.29) is 10.6 Å². The Morgan fingerprint density at radius 2 is 2.05 bits per heavy atom. The monoisotopic (exact) mass is 324 g/mol. The number of halogens is 1. The number of nitrogens with zero attached hydrogens (tertiary/aromatic N) is 6. The standard InChI is InChI=1S/C13H17ClN6O2/c1-9-16-11(17-22-9)8-19-3-5-20(6-4-19)10-7-15-18(2)13(21)12(10)14/h7H,3-6,8H2,1-2H3. The Kier molecular flexibility index (Phi) is 4.12. The van der Waals surface area contributed by atoms with Crippen molar-refractivity contribution in [1.82, 2.24) is 24.8 Å². The average Bonchev–Trinajstić information content (AvgIpc) is 2.91. The summed E-state index contributed by atoms with van der Waals surface area (Å²) in [5, 5.41) is 8.16. The zero-order chi connectivity index (χ0) is 15.7. The highest BCUT2D eigenvalue weighted by Gasteiger charge is 2.21. The Labute approximate surface area is 132 Å². The van der Waals surface area contributed by atoms with E-state index in [9.17, 15) is 4.79 Å². The van der Waals surface area contributed by atoms with Crippen LogP contribution in [-0.4, -0.2) is 51.0 Å². The molecule has 0 saturated carbocycles. The van der Waals surface area contributed by atoms with Gasteiger partial charge >= 0.3 is 0 Å². The first-order valence-electron chi connectivity index (χ1n) is 7.03. The lowest BCUT2D eigenvalue weighted by atomic mass is 10.3.